The maximum Gasteiger partial charge on any atom is 0.350 e. The van der Waals surface area contributed by atoms with E-state index < -0.39 is 11.9 Å². The molecule has 0 amide bonds. The van der Waals surface area contributed by atoms with Crippen molar-refractivity contribution in [2.24, 2.45) is 5.92 Å². The molecule has 1 aromatic rings. The van der Waals surface area contributed by atoms with Crippen molar-refractivity contribution in [3.05, 3.63) is 10.4 Å². The molecule has 2 N–H and O–H groups in total. The summed E-state index contributed by atoms with van der Waals surface area (Å²) in [5, 5.41) is 0.665. The fourth-order valence-electron chi connectivity index (χ4n) is 2.12. The third-order valence-corrected chi connectivity index (χ3v) is 4.65. The Morgan fingerprint density at radius 3 is 2.57 bits per heavy atom. The minimum atomic E-state index is -0.533. The van der Waals surface area contributed by atoms with Crippen molar-refractivity contribution in [3.8, 4) is 0 Å². The Balaban J connectivity index is 2.39. The Morgan fingerprint density at radius 1 is 1.38 bits per heavy atom. The zero-order valence-corrected chi connectivity index (χ0v) is 13.3. The second-order valence-electron chi connectivity index (χ2n) is 5.06. The van der Waals surface area contributed by atoms with E-state index in [2.05, 4.69) is 0 Å². The van der Waals surface area contributed by atoms with Crippen molar-refractivity contribution in [3.63, 3.8) is 0 Å². The zero-order chi connectivity index (χ0) is 15.6. The molecule has 2 rings (SSSR count). The fraction of sp³-hybridized carbons (Fsp3) is 0.571. The van der Waals surface area contributed by atoms with Gasteiger partial charge in [0.2, 0.25) is 0 Å². The second kappa shape index (κ2) is 6.34. The number of rotatable bonds is 6. The summed E-state index contributed by atoms with van der Waals surface area (Å²) in [6.45, 7) is 2.83. The van der Waals surface area contributed by atoms with E-state index in [0.29, 0.717) is 10.9 Å². The Bertz CT molecular complexity index is 551. The molecule has 7 heteroatoms. The number of hydrogen-bond donors (Lipinski definition) is 1. The molecule has 116 valence electrons. The number of esters is 2. The molecule has 21 heavy (non-hydrogen) atoms. The summed E-state index contributed by atoms with van der Waals surface area (Å²) in [5.74, 6) is -0.386. The first-order valence-corrected chi connectivity index (χ1v) is 7.70. The smallest absolute Gasteiger partial charge is 0.350 e. The number of hydrogen-bond acceptors (Lipinski definition) is 7. The molecule has 0 radical (unpaired) electrons. The van der Waals surface area contributed by atoms with Gasteiger partial charge in [0, 0.05) is 13.6 Å². The van der Waals surface area contributed by atoms with Crippen molar-refractivity contribution < 1.29 is 19.1 Å². The average Bonchev–Trinajstić information content (AvgIpc) is 3.19. The number of thiophene rings is 1. The van der Waals surface area contributed by atoms with Gasteiger partial charge in [-0.1, -0.05) is 0 Å². The van der Waals surface area contributed by atoms with Crippen LogP contribution in [0.4, 0.5) is 10.7 Å². The summed E-state index contributed by atoms with van der Waals surface area (Å²) in [6.07, 6.45) is 2.40. The van der Waals surface area contributed by atoms with Crippen LogP contribution in [0.5, 0.6) is 0 Å². The molecule has 1 aliphatic carbocycles. The third-order valence-electron chi connectivity index (χ3n) is 3.35. The lowest BCUT2D eigenvalue weighted by Crippen LogP contribution is -2.21. The van der Waals surface area contributed by atoms with Gasteiger partial charge in [-0.15, -0.1) is 11.3 Å². The highest BCUT2D eigenvalue weighted by Crippen LogP contribution is 2.40. The SMILES string of the molecule is CCOC(=O)c1c(N(C)CC2CC2)sc(C(=O)OC)c1N. The maximum absolute atomic E-state index is 12.1. The molecule has 0 bridgehead atoms. The minimum absolute atomic E-state index is 0.142. The molecular formula is C14H20N2O4S. The van der Waals surface area contributed by atoms with Crippen LogP contribution in [-0.2, 0) is 9.47 Å². The van der Waals surface area contributed by atoms with Gasteiger partial charge in [0.15, 0.2) is 0 Å². The molecule has 1 saturated carbocycles. The molecule has 1 aromatic heterocycles. The van der Waals surface area contributed by atoms with Crippen molar-refractivity contribution in [2.75, 3.05) is 37.9 Å². The predicted octanol–water partition coefficient (Wildman–Crippen LogP) is 2.14. The van der Waals surface area contributed by atoms with E-state index in [0.717, 1.165) is 6.54 Å². The van der Waals surface area contributed by atoms with Crippen LogP contribution in [0.3, 0.4) is 0 Å². The molecule has 0 aromatic carbocycles. The Labute approximate surface area is 127 Å². The number of nitrogen functional groups attached to an aromatic ring is 1. The molecule has 0 saturated heterocycles. The Morgan fingerprint density at radius 2 is 2.05 bits per heavy atom. The van der Waals surface area contributed by atoms with Crippen LogP contribution in [-0.4, -0.2) is 39.2 Å². The second-order valence-corrected chi connectivity index (χ2v) is 6.06. The van der Waals surface area contributed by atoms with Gasteiger partial charge in [-0.05, 0) is 25.7 Å². The van der Waals surface area contributed by atoms with Crippen LogP contribution in [0.15, 0.2) is 0 Å². The maximum atomic E-state index is 12.1. The van der Waals surface area contributed by atoms with Crippen molar-refractivity contribution >= 4 is 34.0 Å². The summed E-state index contributed by atoms with van der Waals surface area (Å²) >= 11 is 1.18. The molecule has 6 nitrogen and oxygen atoms in total. The first-order valence-electron chi connectivity index (χ1n) is 6.88. The lowest BCUT2D eigenvalue weighted by atomic mass is 10.2. The third kappa shape index (κ3) is 3.29. The van der Waals surface area contributed by atoms with Gasteiger partial charge in [0.25, 0.3) is 0 Å². The van der Waals surface area contributed by atoms with Gasteiger partial charge >= 0.3 is 11.9 Å². The zero-order valence-electron chi connectivity index (χ0n) is 12.5. The first kappa shape index (κ1) is 15.6. The van der Waals surface area contributed by atoms with Gasteiger partial charge in [-0.25, -0.2) is 9.59 Å². The van der Waals surface area contributed by atoms with Crippen LogP contribution >= 0.6 is 11.3 Å². The van der Waals surface area contributed by atoms with E-state index in [1.165, 1.54) is 31.3 Å². The quantitative estimate of drug-likeness (QED) is 0.810. The molecule has 1 aliphatic rings. The summed E-state index contributed by atoms with van der Waals surface area (Å²) in [7, 11) is 3.19. The van der Waals surface area contributed by atoms with Crippen LogP contribution in [0, 0.1) is 5.92 Å². The summed E-state index contributed by atoms with van der Waals surface area (Å²) in [6, 6.07) is 0. The number of carbonyl (C=O) groups excluding carboxylic acids is 2. The van der Waals surface area contributed by atoms with E-state index >= 15 is 0 Å². The number of anilines is 2. The molecule has 0 aliphatic heterocycles. The van der Waals surface area contributed by atoms with E-state index in [1.807, 2.05) is 11.9 Å². The first-order chi connectivity index (χ1) is 9.99. The Kier molecular flexibility index (Phi) is 4.72. The summed E-state index contributed by atoms with van der Waals surface area (Å²) < 4.78 is 9.78. The number of ether oxygens (including phenoxy) is 2. The van der Waals surface area contributed by atoms with Crippen LogP contribution in [0.1, 0.15) is 39.8 Å². The Hall–Kier alpha value is -1.76. The highest BCUT2D eigenvalue weighted by molar-refractivity contribution is 7.19. The van der Waals surface area contributed by atoms with Gasteiger partial charge < -0.3 is 20.1 Å². The van der Waals surface area contributed by atoms with Crippen molar-refractivity contribution in [1.29, 1.82) is 0 Å². The highest BCUT2D eigenvalue weighted by atomic mass is 32.1. The van der Waals surface area contributed by atoms with Crippen LogP contribution in [0.25, 0.3) is 0 Å². The molecule has 0 spiro atoms. The number of nitrogens with two attached hydrogens (primary N) is 1. The minimum Gasteiger partial charge on any atom is -0.465 e. The number of carbonyl (C=O) groups is 2. The fourth-order valence-corrected chi connectivity index (χ4v) is 3.21. The van der Waals surface area contributed by atoms with Crippen LogP contribution < -0.4 is 10.6 Å². The topological polar surface area (TPSA) is 81.9 Å². The highest BCUT2D eigenvalue weighted by Gasteiger charge is 2.31. The van der Waals surface area contributed by atoms with Gasteiger partial charge in [-0.2, -0.15) is 0 Å². The average molecular weight is 312 g/mol. The normalized spacial score (nSPS) is 13.9. The van der Waals surface area contributed by atoms with Crippen molar-refractivity contribution in [2.45, 2.75) is 19.8 Å². The van der Waals surface area contributed by atoms with Gasteiger partial charge in [0.1, 0.15) is 15.4 Å². The molecule has 0 unspecified atom stereocenters. The van der Waals surface area contributed by atoms with Gasteiger partial charge in [0.05, 0.1) is 19.4 Å². The van der Waals surface area contributed by atoms with Crippen LogP contribution in [0.2, 0.25) is 0 Å². The molecule has 1 heterocycles. The standard InChI is InChI=1S/C14H20N2O4S/c1-4-20-13(17)9-10(15)11(14(18)19-3)21-12(9)16(2)7-8-5-6-8/h8H,4-7,15H2,1-3H3. The molecule has 1 fully saturated rings. The molecular weight excluding hydrogens is 292 g/mol. The van der Waals surface area contributed by atoms with E-state index in [-0.39, 0.29) is 22.7 Å². The monoisotopic (exact) mass is 312 g/mol. The van der Waals surface area contributed by atoms with Crippen molar-refractivity contribution in [1.82, 2.24) is 0 Å². The van der Waals surface area contributed by atoms with E-state index in [4.69, 9.17) is 15.2 Å². The number of methoxy groups -OCH3 is 1. The largest absolute Gasteiger partial charge is 0.465 e. The van der Waals surface area contributed by atoms with E-state index in [9.17, 15) is 9.59 Å². The molecule has 0 atom stereocenters. The van der Waals surface area contributed by atoms with Gasteiger partial charge in [-0.3, -0.25) is 0 Å². The summed E-state index contributed by atoms with van der Waals surface area (Å²) in [5.41, 5.74) is 6.39. The lowest BCUT2D eigenvalue weighted by molar-refractivity contribution is 0.0529. The summed E-state index contributed by atoms with van der Waals surface area (Å²) in [4.78, 5) is 26.1. The predicted molar refractivity (Wildman–Crippen MR) is 82.0 cm³/mol. The number of nitrogens with zero attached hydrogens (tertiary/aromatic N) is 1. The lowest BCUT2D eigenvalue weighted by Gasteiger charge is -2.18. The van der Waals surface area contributed by atoms with E-state index in [1.54, 1.807) is 6.92 Å².